The van der Waals surface area contributed by atoms with Crippen LogP contribution in [0.25, 0.3) is 0 Å². The molecule has 0 atom stereocenters. The molecule has 0 saturated heterocycles. The van der Waals surface area contributed by atoms with Gasteiger partial charge in [-0.3, -0.25) is 0 Å². The number of aryl methyl sites for hydroxylation is 2. The molecule has 0 N–H and O–H groups in total. The minimum Gasteiger partial charge on any atom is -0.234 e. The summed E-state index contributed by atoms with van der Waals surface area (Å²) in [5.74, 6) is 1.59. The highest BCUT2D eigenvalue weighted by Gasteiger charge is 2.16. The Bertz CT molecular complexity index is 463. The molecule has 0 aromatic carbocycles. The summed E-state index contributed by atoms with van der Waals surface area (Å²) in [5.41, 5.74) is 0. The van der Waals surface area contributed by atoms with Crippen molar-refractivity contribution in [3.8, 4) is 0 Å². The molecule has 0 unspecified atom stereocenters. The van der Waals surface area contributed by atoms with Crippen LogP contribution in [0.5, 0.6) is 0 Å². The Morgan fingerprint density at radius 1 is 0.586 bits per heavy atom. The molecule has 0 saturated carbocycles. The predicted molar refractivity (Wildman–Crippen MR) is 128 cm³/mol. The van der Waals surface area contributed by atoms with Crippen molar-refractivity contribution < 1.29 is 4.57 Å². The van der Waals surface area contributed by atoms with Crippen LogP contribution < -0.4 is 4.57 Å². The Hall–Kier alpha value is -0.790. The Morgan fingerprint density at radius 2 is 1.07 bits per heavy atom. The highest BCUT2D eigenvalue weighted by Crippen LogP contribution is 2.12. The van der Waals surface area contributed by atoms with Crippen molar-refractivity contribution in [1.82, 2.24) is 4.57 Å². The number of aromatic nitrogens is 2. The van der Waals surface area contributed by atoms with Crippen LogP contribution >= 0.6 is 0 Å². The summed E-state index contributed by atoms with van der Waals surface area (Å²) in [7, 11) is 0. The second-order valence-corrected chi connectivity index (χ2v) is 9.15. The Labute approximate surface area is 183 Å². The van der Waals surface area contributed by atoms with Crippen LogP contribution in [-0.4, -0.2) is 4.57 Å². The first kappa shape index (κ1) is 26.2. The van der Waals surface area contributed by atoms with Gasteiger partial charge in [0.15, 0.2) is 0 Å². The summed E-state index contributed by atoms with van der Waals surface area (Å²) in [6, 6.07) is 0. The van der Waals surface area contributed by atoms with Gasteiger partial charge in [0.05, 0.1) is 13.1 Å². The molecule has 0 amide bonds. The maximum Gasteiger partial charge on any atom is 0.256 e. The highest BCUT2D eigenvalue weighted by molar-refractivity contribution is 4.84. The van der Waals surface area contributed by atoms with Gasteiger partial charge in [-0.1, -0.05) is 111 Å². The monoisotopic (exact) mass is 405 g/mol. The van der Waals surface area contributed by atoms with Crippen molar-refractivity contribution >= 4 is 0 Å². The molecule has 170 valence electrons. The van der Waals surface area contributed by atoms with Crippen LogP contribution in [-0.2, 0) is 19.5 Å². The van der Waals surface area contributed by atoms with E-state index in [-0.39, 0.29) is 0 Å². The fraction of sp³-hybridized carbons (Fsp3) is 0.889. The van der Waals surface area contributed by atoms with E-state index in [2.05, 4.69) is 42.3 Å². The first-order valence-corrected chi connectivity index (χ1v) is 13.4. The topological polar surface area (TPSA) is 8.81 Å². The van der Waals surface area contributed by atoms with Gasteiger partial charge in [-0.05, 0) is 25.7 Å². The lowest BCUT2D eigenvalue weighted by atomic mass is 10.1. The molecule has 0 radical (unpaired) electrons. The molecule has 2 heteroatoms. The van der Waals surface area contributed by atoms with E-state index in [1.807, 2.05) is 0 Å². The fourth-order valence-electron chi connectivity index (χ4n) is 4.35. The summed E-state index contributed by atoms with van der Waals surface area (Å²) < 4.78 is 5.13. The number of hydrogen-bond donors (Lipinski definition) is 0. The molecule has 29 heavy (non-hydrogen) atoms. The first-order valence-electron chi connectivity index (χ1n) is 13.4. The van der Waals surface area contributed by atoms with Gasteiger partial charge in [0, 0.05) is 6.42 Å². The van der Waals surface area contributed by atoms with Crippen molar-refractivity contribution in [2.24, 2.45) is 0 Å². The minimum atomic E-state index is 1.20. The molecule has 1 aromatic rings. The number of rotatable bonds is 21. The maximum absolute atomic E-state index is 2.58. The van der Waals surface area contributed by atoms with Gasteiger partial charge in [0.2, 0.25) is 0 Å². The lowest BCUT2D eigenvalue weighted by Crippen LogP contribution is -2.37. The summed E-state index contributed by atoms with van der Waals surface area (Å²) in [4.78, 5) is 0. The van der Waals surface area contributed by atoms with Crippen molar-refractivity contribution in [2.75, 3.05) is 0 Å². The highest BCUT2D eigenvalue weighted by atomic mass is 15.1. The molecule has 2 nitrogen and oxygen atoms in total. The van der Waals surface area contributed by atoms with E-state index in [1.165, 1.54) is 135 Å². The van der Waals surface area contributed by atoms with Gasteiger partial charge in [-0.25, -0.2) is 9.13 Å². The maximum atomic E-state index is 2.58. The molecule has 0 aliphatic rings. The Kier molecular flexibility index (Phi) is 17.4. The van der Waals surface area contributed by atoms with E-state index < -0.39 is 0 Å². The van der Waals surface area contributed by atoms with Gasteiger partial charge in [-0.2, -0.15) is 0 Å². The Balaban J connectivity index is 2.29. The van der Waals surface area contributed by atoms with Gasteiger partial charge in [0.1, 0.15) is 12.4 Å². The minimum absolute atomic E-state index is 1.20. The lowest BCUT2D eigenvalue weighted by Gasteiger charge is -2.06. The molecular weight excluding hydrogens is 352 g/mol. The van der Waals surface area contributed by atoms with Crippen LogP contribution in [0.4, 0.5) is 0 Å². The molecule has 1 heterocycles. The third-order valence-electron chi connectivity index (χ3n) is 6.35. The van der Waals surface area contributed by atoms with Crippen molar-refractivity contribution in [3.05, 3.63) is 18.2 Å². The average molecular weight is 406 g/mol. The number of unbranched alkanes of at least 4 members (excludes halogenated alkanes) is 15. The first-order chi connectivity index (χ1) is 14.3. The van der Waals surface area contributed by atoms with E-state index in [1.54, 1.807) is 5.82 Å². The number of imidazole rings is 1. The molecule has 0 spiro atoms. The van der Waals surface area contributed by atoms with Crippen LogP contribution in [0.1, 0.15) is 142 Å². The summed E-state index contributed by atoms with van der Waals surface area (Å²) >= 11 is 0. The van der Waals surface area contributed by atoms with Crippen molar-refractivity contribution in [1.29, 1.82) is 0 Å². The van der Waals surface area contributed by atoms with Crippen LogP contribution in [0.3, 0.4) is 0 Å². The standard InChI is InChI=1S/C27H53N2/c1-4-7-10-12-14-15-17-19-21-24-29-26-25-28(23-9-6-3)27(29)22-20-18-16-13-11-8-5-2/h25-26H,4-24H2,1-3H3/q+1. The van der Waals surface area contributed by atoms with Crippen molar-refractivity contribution in [2.45, 2.75) is 156 Å². The van der Waals surface area contributed by atoms with Gasteiger partial charge < -0.3 is 0 Å². The smallest absolute Gasteiger partial charge is 0.234 e. The zero-order valence-electron chi connectivity index (χ0n) is 20.4. The van der Waals surface area contributed by atoms with Gasteiger partial charge >= 0.3 is 0 Å². The SMILES string of the molecule is CCCCCCCCCCC[n+]1ccn(CCCC)c1CCCCCCCCC. The van der Waals surface area contributed by atoms with Crippen LogP contribution in [0.15, 0.2) is 12.4 Å². The second kappa shape index (κ2) is 19.2. The quantitative estimate of drug-likeness (QED) is 0.143. The molecule has 0 aliphatic heterocycles. The molecule has 0 bridgehead atoms. The normalized spacial score (nSPS) is 11.4. The fourth-order valence-corrected chi connectivity index (χ4v) is 4.35. The third-order valence-corrected chi connectivity index (χ3v) is 6.35. The molecule has 0 aliphatic carbocycles. The predicted octanol–water partition coefficient (Wildman–Crippen LogP) is 8.40. The molecule has 1 rings (SSSR count). The van der Waals surface area contributed by atoms with E-state index in [0.29, 0.717) is 0 Å². The molecular formula is C27H53N2+. The van der Waals surface area contributed by atoms with Crippen molar-refractivity contribution in [3.63, 3.8) is 0 Å². The lowest BCUT2D eigenvalue weighted by molar-refractivity contribution is -0.704. The Morgan fingerprint density at radius 3 is 1.62 bits per heavy atom. The zero-order valence-corrected chi connectivity index (χ0v) is 20.4. The zero-order chi connectivity index (χ0) is 21.0. The largest absolute Gasteiger partial charge is 0.256 e. The van der Waals surface area contributed by atoms with E-state index >= 15 is 0 Å². The average Bonchev–Trinajstić information content (AvgIpc) is 3.12. The van der Waals surface area contributed by atoms with Gasteiger partial charge in [-0.15, -0.1) is 0 Å². The van der Waals surface area contributed by atoms with Crippen LogP contribution in [0.2, 0.25) is 0 Å². The van der Waals surface area contributed by atoms with E-state index in [9.17, 15) is 0 Å². The molecule has 1 aromatic heterocycles. The van der Waals surface area contributed by atoms with E-state index in [0.717, 1.165) is 0 Å². The van der Waals surface area contributed by atoms with E-state index in [4.69, 9.17) is 0 Å². The number of nitrogens with zero attached hydrogens (tertiary/aromatic N) is 2. The molecule has 0 fully saturated rings. The number of hydrogen-bond acceptors (Lipinski definition) is 0. The second-order valence-electron chi connectivity index (χ2n) is 9.15. The van der Waals surface area contributed by atoms with Gasteiger partial charge in [0.25, 0.3) is 5.82 Å². The summed E-state index contributed by atoms with van der Waals surface area (Å²) in [6.07, 6.45) is 31.1. The van der Waals surface area contributed by atoms with Crippen LogP contribution in [0, 0.1) is 0 Å². The third kappa shape index (κ3) is 13.2. The summed E-state index contributed by atoms with van der Waals surface area (Å²) in [6.45, 7) is 9.33. The summed E-state index contributed by atoms with van der Waals surface area (Å²) in [5, 5.41) is 0.